The Morgan fingerprint density at radius 3 is 2.43 bits per heavy atom. The third-order valence-electron chi connectivity index (χ3n) is 3.49. The molecule has 6 nitrogen and oxygen atoms in total. The minimum absolute atomic E-state index is 0.0210. The predicted octanol–water partition coefficient (Wildman–Crippen LogP) is 1.68. The molecular weight excluding hydrogens is 292 g/mol. The van der Waals surface area contributed by atoms with Gasteiger partial charge in [0.25, 0.3) is 5.91 Å². The van der Waals surface area contributed by atoms with E-state index in [9.17, 15) is 9.59 Å². The van der Waals surface area contributed by atoms with Gasteiger partial charge in [0, 0.05) is 19.0 Å². The summed E-state index contributed by atoms with van der Waals surface area (Å²) in [5.41, 5.74) is 2.22. The third-order valence-corrected chi connectivity index (χ3v) is 3.49. The summed E-state index contributed by atoms with van der Waals surface area (Å²) < 4.78 is 1.73. The molecule has 23 heavy (non-hydrogen) atoms. The first-order valence-electron chi connectivity index (χ1n) is 7.66. The number of hydrogen-bond donors (Lipinski definition) is 2. The first-order valence-corrected chi connectivity index (χ1v) is 7.66. The van der Waals surface area contributed by atoms with Crippen molar-refractivity contribution in [3.8, 4) is 5.69 Å². The molecule has 122 valence electrons. The van der Waals surface area contributed by atoms with Gasteiger partial charge in [-0.25, -0.2) is 4.68 Å². The zero-order valence-corrected chi connectivity index (χ0v) is 13.7. The normalized spacial score (nSPS) is 10.6. The van der Waals surface area contributed by atoms with E-state index in [4.69, 9.17) is 0 Å². The van der Waals surface area contributed by atoms with Gasteiger partial charge in [-0.15, -0.1) is 0 Å². The molecule has 0 bridgehead atoms. The van der Waals surface area contributed by atoms with E-state index < -0.39 is 0 Å². The SMILES string of the molecule is Cc1c(C(=O)NCCNC(=O)C(C)C)cnn1-c1ccccc1. The van der Waals surface area contributed by atoms with Crippen LogP contribution < -0.4 is 10.6 Å². The van der Waals surface area contributed by atoms with Crippen molar-refractivity contribution in [3.05, 3.63) is 47.8 Å². The topological polar surface area (TPSA) is 76.0 Å². The maximum Gasteiger partial charge on any atom is 0.254 e. The molecule has 0 saturated carbocycles. The lowest BCUT2D eigenvalue weighted by Gasteiger charge is -2.09. The summed E-state index contributed by atoms with van der Waals surface area (Å²) in [7, 11) is 0. The summed E-state index contributed by atoms with van der Waals surface area (Å²) in [6.45, 7) is 6.31. The lowest BCUT2D eigenvalue weighted by Crippen LogP contribution is -2.36. The van der Waals surface area contributed by atoms with Crippen molar-refractivity contribution in [2.45, 2.75) is 20.8 Å². The quantitative estimate of drug-likeness (QED) is 0.797. The smallest absolute Gasteiger partial charge is 0.254 e. The van der Waals surface area contributed by atoms with Crippen molar-refractivity contribution in [1.82, 2.24) is 20.4 Å². The molecule has 2 aromatic rings. The number of aromatic nitrogens is 2. The molecule has 0 fully saturated rings. The lowest BCUT2D eigenvalue weighted by atomic mass is 10.2. The van der Waals surface area contributed by atoms with Crippen molar-refractivity contribution in [2.24, 2.45) is 5.92 Å². The Morgan fingerprint density at radius 2 is 1.78 bits per heavy atom. The second kappa shape index (κ2) is 7.58. The number of nitrogens with zero attached hydrogens (tertiary/aromatic N) is 2. The van der Waals surface area contributed by atoms with Crippen molar-refractivity contribution in [1.29, 1.82) is 0 Å². The lowest BCUT2D eigenvalue weighted by molar-refractivity contribution is -0.123. The van der Waals surface area contributed by atoms with Crippen LogP contribution in [0.4, 0.5) is 0 Å². The Balaban J connectivity index is 1.94. The summed E-state index contributed by atoms with van der Waals surface area (Å²) in [6, 6.07) is 9.65. The van der Waals surface area contributed by atoms with Crippen LogP contribution in [0.3, 0.4) is 0 Å². The molecule has 0 aliphatic heterocycles. The van der Waals surface area contributed by atoms with Gasteiger partial charge >= 0.3 is 0 Å². The van der Waals surface area contributed by atoms with Crippen LogP contribution in [0.2, 0.25) is 0 Å². The van der Waals surface area contributed by atoms with Gasteiger partial charge in [-0.3, -0.25) is 9.59 Å². The maximum absolute atomic E-state index is 12.2. The van der Waals surface area contributed by atoms with Crippen molar-refractivity contribution in [3.63, 3.8) is 0 Å². The zero-order chi connectivity index (χ0) is 16.8. The van der Waals surface area contributed by atoms with Crippen LogP contribution in [-0.4, -0.2) is 34.7 Å². The van der Waals surface area contributed by atoms with Gasteiger partial charge in [-0.2, -0.15) is 5.10 Å². The molecule has 0 unspecified atom stereocenters. The Labute approximate surface area is 135 Å². The van der Waals surface area contributed by atoms with Gasteiger partial charge in [0.15, 0.2) is 0 Å². The number of amides is 2. The van der Waals surface area contributed by atoms with Gasteiger partial charge in [0.1, 0.15) is 0 Å². The molecule has 0 radical (unpaired) electrons. The second-order valence-electron chi connectivity index (χ2n) is 5.59. The molecule has 0 aliphatic carbocycles. The van der Waals surface area contributed by atoms with E-state index in [0.29, 0.717) is 18.7 Å². The first kappa shape index (κ1) is 16.7. The molecule has 2 rings (SSSR count). The highest BCUT2D eigenvalue weighted by Crippen LogP contribution is 2.13. The standard InChI is InChI=1S/C17H22N4O2/c1-12(2)16(22)18-9-10-19-17(23)15-11-20-21(13(15)3)14-7-5-4-6-8-14/h4-8,11-12H,9-10H2,1-3H3,(H,18,22)(H,19,23). The monoisotopic (exact) mass is 314 g/mol. The molecule has 0 aliphatic rings. The number of hydrogen-bond acceptors (Lipinski definition) is 3. The maximum atomic E-state index is 12.2. The van der Waals surface area contributed by atoms with E-state index in [1.54, 1.807) is 10.9 Å². The third kappa shape index (κ3) is 4.18. The van der Waals surface area contributed by atoms with E-state index >= 15 is 0 Å². The van der Waals surface area contributed by atoms with Crippen LogP contribution >= 0.6 is 0 Å². The molecule has 1 heterocycles. The molecule has 2 N–H and O–H groups in total. The predicted molar refractivity (Wildman–Crippen MR) is 88.5 cm³/mol. The summed E-state index contributed by atoms with van der Waals surface area (Å²) in [6.07, 6.45) is 1.56. The molecule has 1 aromatic heterocycles. The molecule has 0 spiro atoms. The summed E-state index contributed by atoms with van der Waals surface area (Å²) in [4.78, 5) is 23.6. The molecule has 0 atom stereocenters. The molecular formula is C17H22N4O2. The van der Waals surface area contributed by atoms with E-state index in [1.165, 1.54) is 0 Å². The highest BCUT2D eigenvalue weighted by atomic mass is 16.2. The second-order valence-corrected chi connectivity index (χ2v) is 5.59. The van der Waals surface area contributed by atoms with Crippen molar-refractivity contribution in [2.75, 3.05) is 13.1 Å². The van der Waals surface area contributed by atoms with E-state index in [-0.39, 0.29) is 17.7 Å². The van der Waals surface area contributed by atoms with Crippen LogP contribution in [0, 0.1) is 12.8 Å². The molecule has 2 amide bonds. The summed E-state index contributed by atoms with van der Waals surface area (Å²) in [5, 5.41) is 9.82. The van der Waals surface area contributed by atoms with E-state index in [1.807, 2.05) is 51.1 Å². The minimum Gasteiger partial charge on any atom is -0.354 e. The number of benzene rings is 1. The molecule has 6 heteroatoms. The fourth-order valence-electron chi connectivity index (χ4n) is 2.12. The average Bonchev–Trinajstić information content (AvgIpc) is 2.93. The van der Waals surface area contributed by atoms with Crippen LogP contribution in [0.5, 0.6) is 0 Å². The fourth-order valence-corrected chi connectivity index (χ4v) is 2.12. The fraction of sp³-hybridized carbons (Fsp3) is 0.353. The highest BCUT2D eigenvalue weighted by Gasteiger charge is 2.14. The van der Waals surface area contributed by atoms with E-state index in [0.717, 1.165) is 11.4 Å². The highest BCUT2D eigenvalue weighted by molar-refractivity contribution is 5.95. The van der Waals surface area contributed by atoms with Crippen molar-refractivity contribution < 1.29 is 9.59 Å². The largest absolute Gasteiger partial charge is 0.354 e. The Bertz CT molecular complexity index is 677. The number of nitrogens with one attached hydrogen (secondary N) is 2. The van der Waals surface area contributed by atoms with Gasteiger partial charge in [-0.05, 0) is 19.1 Å². The van der Waals surface area contributed by atoms with Gasteiger partial charge in [-0.1, -0.05) is 32.0 Å². The minimum atomic E-state index is -0.191. The van der Waals surface area contributed by atoms with Gasteiger partial charge in [0.2, 0.25) is 5.91 Å². The number of rotatable bonds is 6. The van der Waals surface area contributed by atoms with Gasteiger partial charge < -0.3 is 10.6 Å². The molecule has 1 aromatic carbocycles. The number of carbonyl (C=O) groups excluding carboxylic acids is 2. The first-order chi connectivity index (χ1) is 11.0. The van der Waals surface area contributed by atoms with Gasteiger partial charge in [0.05, 0.1) is 23.1 Å². The summed E-state index contributed by atoms with van der Waals surface area (Å²) >= 11 is 0. The van der Waals surface area contributed by atoms with Crippen LogP contribution in [0.1, 0.15) is 29.9 Å². The van der Waals surface area contributed by atoms with E-state index in [2.05, 4.69) is 15.7 Å². The van der Waals surface area contributed by atoms with Crippen molar-refractivity contribution >= 4 is 11.8 Å². The summed E-state index contributed by atoms with van der Waals surface area (Å²) in [5.74, 6) is -0.271. The van der Waals surface area contributed by atoms with Crippen LogP contribution in [0.25, 0.3) is 5.69 Å². The van der Waals surface area contributed by atoms with Crippen LogP contribution in [0.15, 0.2) is 36.5 Å². The Kier molecular flexibility index (Phi) is 5.51. The average molecular weight is 314 g/mol. The zero-order valence-electron chi connectivity index (χ0n) is 13.7. The Hall–Kier alpha value is -2.63. The Morgan fingerprint density at radius 1 is 1.13 bits per heavy atom. The number of carbonyl (C=O) groups is 2. The molecule has 0 saturated heterocycles. The van der Waals surface area contributed by atoms with Crippen LogP contribution in [-0.2, 0) is 4.79 Å². The number of para-hydroxylation sites is 1.